The zero-order valence-corrected chi connectivity index (χ0v) is 16.9. The van der Waals surface area contributed by atoms with Gasteiger partial charge in [-0.25, -0.2) is 9.97 Å². The van der Waals surface area contributed by atoms with Crippen LogP contribution in [-0.2, 0) is 11.2 Å². The van der Waals surface area contributed by atoms with E-state index in [2.05, 4.69) is 38.8 Å². The highest BCUT2D eigenvalue weighted by atomic mass is 35.5. The first-order chi connectivity index (χ1) is 13.6. The van der Waals surface area contributed by atoms with Crippen LogP contribution in [0.2, 0.25) is 5.02 Å². The van der Waals surface area contributed by atoms with Gasteiger partial charge in [-0.15, -0.1) is 0 Å². The van der Waals surface area contributed by atoms with Crippen LogP contribution < -0.4 is 4.90 Å². The molecule has 2 aromatic rings. The number of halogens is 2. The second kappa shape index (κ2) is 8.72. The first-order valence-electron chi connectivity index (χ1n) is 9.93. The summed E-state index contributed by atoms with van der Waals surface area (Å²) in [5.74, 6) is 0.205. The van der Waals surface area contributed by atoms with Gasteiger partial charge < -0.3 is 9.64 Å². The molecule has 4 rings (SSSR count). The summed E-state index contributed by atoms with van der Waals surface area (Å²) in [5, 5.41) is 0.766. The summed E-state index contributed by atoms with van der Waals surface area (Å²) in [6.07, 6.45) is 4.57. The molecule has 2 fully saturated rings. The molecule has 2 aliphatic heterocycles. The highest BCUT2D eigenvalue weighted by Gasteiger charge is 2.34. The third kappa shape index (κ3) is 4.62. The summed E-state index contributed by atoms with van der Waals surface area (Å²) in [7, 11) is 0. The Kier molecular flexibility index (Phi) is 6.09. The van der Waals surface area contributed by atoms with Crippen molar-refractivity contribution in [3.63, 3.8) is 0 Å². The van der Waals surface area contributed by atoms with Crippen molar-refractivity contribution in [1.82, 2.24) is 14.9 Å². The van der Waals surface area contributed by atoms with E-state index < -0.39 is 5.95 Å². The van der Waals surface area contributed by atoms with Crippen LogP contribution in [0.1, 0.15) is 25.3 Å². The number of ether oxygens (including phenoxy) is 1. The van der Waals surface area contributed by atoms with Crippen molar-refractivity contribution in [1.29, 1.82) is 0 Å². The number of hydrogen-bond donors (Lipinski definition) is 0. The van der Waals surface area contributed by atoms with Crippen LogP contribution in [0, 0.1) is 5.95 Å². The minimum Gasteiger partial charge on any atom is -0.376 e. The standard InChI is InChI=1S/C21H26ClFN4O/c1-15-12-27(19(13-28-15)10-16-2-4-17(22)5-3-16)18-6-8-26(9-7-18)21-11-20(23)24-14-25-21/h2-5,11,14-15,18-19H,6-10,12-13H2,1H3/t15-,19-/m0/s1. The van der Waals surface area contributed by atoms with Crippen molar-refractivity contribution in [2.24, 2.45) is 0 Å². The number of piperidine rings is 1. The van der Waals surface area contributed by atoms with Gasteiger partial charge in [-0.05, 0) is 43.9 Å². The minimum absolute atomic E-state index is 0.246. The molecule has 28 heavy (non-hydrogen) atoms. The van der Waals surface area contributed by atoms with Crippen molar-refractivity contribution in [3.8, 4) is 0 Å². The Morgan fingerprint density at radius 3 is 2.64 bits per heavy atom. The Balaban J connectivity index is 1.41. The maximum absolute atomic E-state index is 13.4. The average Bonchev–Trinajstić information content (AvgIpc) is 2.71. The van der Waals surface area contributed by atoms with E-state index in [0.717, 1.165) is 50.5 Å². The second-order valence-corrected chi connectivity index (χ2v) is 8.18. The van der Waals surface area contributed by atoms with Gasteiger partial charge in [0.25, 0.3) is 0 Å². The minimum atomic E-state index is -0.475. The summed E-state index contributed by atoms with van der Waals surface area (Å²) in [6.45, 7) is 5.59. The molecule has 2 atom stereocenters. The summed E-state index contributed by atoms with van der Waals surface area (Å²) < 4.78 is 19.4. The first-order valence-corrected chi connectivity index (χ1v) is 10.3. The Morgan fingerprint density at radius 2 is 1.93 bits per heavy atom. The van der Waals surface area contributed by atoms with Crippen molar-refractivity contribution in [2.75, 3.05) is 31.1 Å². The highest BCUT2D eigenvalue weighted by Crippen LogP contribution is 2.27. The zero-order valence-electron chi connectivity index (χ0n) is 16.1. The molecule has 150 valence electrons. The summed E-state index contributed by atoms with van der Waals surface area (Å²) in [5.41, 5.74) is 1.28. The number of anilines is 1. The molecule has 0 spiro atoms. The second-order valence-electron chi connectivity index (χ2n) is 7.74. The lowest BCUT2D eigenvalue weighted by molar-refractivity contribution is -0.0745. The molecule has 5 nitrogen and oxygen atoms in total. The van der Waals surface area contributed by atoms with Gasteiger partial charge in [0.1, 0.15) is 12.1 Å². The molecule has 0 amide bonds. The average molecular weight is 405 g/mol. The molecule has 1 aromatic heterocycles. The van der Waals surface area contributed by atoms with E-state index in [1.165, 1.54) is 18.0 Å². The third-order valence-electron chi connectivity index (χ3n) is 5.77. The van der Waals surface area contributed by atoms with E-state index >= 15 is 0 Å². The molecule has 0 bridgehead atoms. The molecular weight excluding hydrogens is 379 g/mol. The largest absolute Gasteiger partial charge is 0.376 e. The fourth-order valence-electron chi connectivity index (χ4n) is 4.31. The number of aromatic nitrogens is 2. The van der Waals surface area contributed by atoms with Gasteiger partial charge in [0.2, 0.25) is 5.95 Å². The van der Waals surface area contributed by atoms with E-state index in [-0.39, 0.29) is 6.10 Å². The number of hydrogen-bond acceptors (Lipinski definition) is 5. The van der Waals surface area contributed by atoms with Crippen LogP contribution in [0.15, 0.2) is 36.7 Å². The molecule has 0 unspecified atom stereocenters. The quantitative estimate of drug-likeness (QED) is 0.729. The predicted octanol–water partition coefficient (Wildman–Crippen LogP) is 3.57. The molecular formula is C21H26ClFN4O. The summed E-state index contributed by atoms with van der Waals surface area (Å²) in [4.78, 5) is 12.6. The summed E-state index contributed by atoms with van der Waals surface area (Å²) in [6, 6.07) is 10.4. The number of rotatable bonds is 4. The van der Waals surface area contributed by atoms with Gasteiger partial charge in [0, 0.05) is 42.8 Å². The third-order valence-corrected chi connectivity index (χ3v) is 6.02. The van der Waals surface area contributed by atoms with Crippen LogP contribution >= 0.6 is 11.6 Å². The Bertz CT molecular complexity index is 782. The topological polar surface area (TPSA) is 41.5 Å². The fourth-order valence-corrected chi connectivity index (χ4v) is 4.44. The van der Waals surface area contributed by atoms with E-state index in [1.54, 1.807) is 0 Å². The van der Waals surface area contributed by atoms with Gasteiger partial charge in [0.05, 0.1) is 12.7 Å². The van der Waals surface area contributed by atoms with Crippen molar-refractivity contribution in [2.45, 2.75) is 44.4 Å². The number of morpholine rings is 1. The lowest BCUT2D eigenvalue weighted by Gasteiger charge is -2.46. The molecule has 3 heterocycles. The van der Waals surface area contributed by atoms with Crippen molar-refractivity contribution in [3.05, 3.63) is 53.2 Å². The van der Waals surface area contributed by atoms with Crippen LogP contribution in [-0.4, -0.2) is 59.3 Å². The van der Waals surface area contributed by atoms with E-state index in [0.29, 0.717) is 17.9 Å². The van der Waals surface area contributed by atoms with Gasteiger partial charge >= 0.3 is 0 Å². The lowest BCUT2D eigenvalue weighted by atomic mass is 9.96. The Morgan fingerprint density at radius 1 is 1.18 bits per heavy atom. The SMILES string of the molecule is C[C@H]1CN(C2CCN(c3cc(F)ncn3)CC2)[C@@H](Cc2ccc(Cl)cc2)CO1. The maximum atomic E-state index is 13.4. The van der Waals surface area contributed by atoms with E-state index in [4.69, 9.17) is 16.3 Å². The van der Waals surface area contributed by atoms with Gasteiger partial charge in [-0.2, -0.15) is 4.39 Å². The maximum Gasteiger partial charge on any atom is 0.218 e. The molecule has 0 radical (unpaired) electrons. The van der Waals surface area contributed by atoms with Gasteiger partial charge in [0.15, 0.2) is 0 Å². The van der Waals surface area contributed by atoms with Crippen molar-refractivity contribution < 1.29 is 9.13 Å². The van der Waals surface area contributed by atoms with Crippen LogP contribution in [0.5, 0.6) is 0 Å². The molecule has 2 saturated heterocycles. The van der Waals surface area contributed by atoms with Gasteiger partial charge in [-0.3, -0.25) is 4.90 Å². The molecule has 7 heteroatoms. The highest BCUT2D eigenvalue weighted by molar-refractivity contribution is 6.30. The van der Waals surface area contributed by atoms with Gasteiger partial charge in [-0.1, -0.05) is 23.7 Å². The molecule has 0 saturated carbocycles. The lowest BCUT2D eigenvalue weighted by Crippen LogP contribution is -2.56. The molecule has 0 aliphatic carbocycles. The van der Waals surface area contributed by atoms with E-state index in [1.807, 2.05) is 12.1 Å². The summed E-state index contributed by atoms with van der Waals surface area (Å²) >= 11 is 6.03. The fraction of sp³-hybridized carbons (Fsp3) is 0.524. The predicted molar refractivity (Wildman–Crippen MR) is 108 cm³/mol. The zero-order chi connectivity index (χ0) is 19.5. The van der Waals surface area contributed by atoms with E-state index in [9.17, 15) is 4.39 Å². The van der Waals surface area contributed by atoms with Crippen LogP contribution in [0.25, 0.3) is 0 Å². The number of benzene rings is 1. The van der Waals surface area contributed by atoms with Crippen LogP contribution in [0.3, 0.4) is 0 Å². The molecule has 1 aromatic carbocycles. The Hall–Kier alpha value is -1.76. The monoisotopic (exact) mass is 404 g/mol. The Labute approximate surface area is 170 Å². The molecule has 2 aliphatic rings. The van der Waals surface area contributed by atoms with Crippen LogP contribution in [0.4, 0.5) is 10.2 Å². The van der Waals surface area contributed by atoms with Crippen molar-refractivity contribution >= 4 is 17.4 Å². The first kappa shape index (κ1) is 19.6. The number of nitrogens with zero attached hydrogens (tertiary/aromatic N) is 4. The molecule has 0 N–H and O–H groups in total. The smallest absolute Gasteiger partial charge is 0.218 e. The normalized spacial score (nSPS) is 24.5.